The van der Waals surface area contributed by atoms with Crippen molar-refractivity contribution in [3.05, 3.63) is 72.4 Å². The summed E-state index contributed by atoms with van der Waals surface area (Å²) in [6.45, 7) is 0. The summed E-state index contributed by atoms with van der Waals surface area (Å²) in [5.41, 5.74) is 4.18. The predicted octanol–water partition coefficient (Wildman–Crippen LogP) is 2.80. The van der Waals surface area contributed by atoms with E-state index in [1.165, 1.54) is 13.4 Å². The fraction of sp³-hybridized carbons (Fsp3) is 0.100. The van der Waals surface area contributed by atoms with Gasteiger partial charge in [0.05, 0.1) is 17.5 Å². The van der Waals surface area contributed by atoms with Crippen LogP contribution in [0.2, 0.25) is 0 Å². The molecule has 29 heavy (non-hydrogen) atoms. The van der Waals surface area contributed by atoms with Crippen LogP contribution in [0.1, 0.15) is 11.1 Å². The number of benzene rings is 2. The molecule has 1 aromatic heterocycles. The Labute approximate surface area is 167 Å². The standard InChI is InChI=1S/C20H18N4O4S/c1-21-29(26,27)11-13-2-5-15(6-3-13)23-9-17-16-8-14(19-10-22-12-28-19)4-7-18(16)24-20(17)25/h2-10,12,21,23H,11H2,1H3,(H,24,25). The van der Waals surface area contributed by atoms with E-state index in [0.29, 0.717) is 16.9 Å². The summed E-state index contributed by atoms with van der Waals surface area (Å²) in [5.74, 6) is 0.316. The van der Waals surface area contributed by atoms with Gasteiger partial charge in [0.2, 0.25) is 10.0 Å². The molecule has 0 bridgehead atoms. The van der Waals surface area contributed by atoms with Gasteiger partial charge in [0.15, 0.2) is 12.2 Å². The Morgan fingerprint density at radius 3 is 2.66 bits per heavy atom. The van der Waals surface area contributed by atoms with E-state index in [-0.39, 0.29) is 11.7 Å². The second-order valence-corrected chi connectivity index (χ2v) is 8.37. The highest BCUT2D eigenvalue weighted by atomic mass is 32.2. The van der Waals surface area contributed by atoms with Crippen LogP contribution in [0.4, 0.5) is 11.4 Å². The van der Waals surface area contributed by atoms with E-state index in [1.807, 2.05) is 18.2 Å². The summed E-state index contributed by atoms with van der Waals surface area (Å²) in [7, 11) is -1.94. The van der Waals surface area contributed by atoms with Gasteiger partial charge in [0.25, 0.3) is 5.91 Å². The van der Waals surface area contributed by atoms with Crippen LogP contribution in [0.5, 0.6) is 0 Å². The molecule has 8 nitrogen and oxygen atoms in total. The lowest BCUT2D eigenvalue weighted by atomic mass is 10.0. The Hall–Kier alpha value is -3.43. The van der Waals surface area contributed by atoms with Gasteiger partial charge in [-0.3, -0.25) is 4.79 Å². The van der Waals surface area contributed by atoms with Gasteiger partial charge >= 0.3 is 0 Å². The molecule has 1 amide bonds. The molecule has 3 N–H and O–H groups in total. The Balaban J connectivity index is 1.55. The molecule has 0 atom stereocenters. The normalized spacial score (nSPS) is 14.7. The fourth-order valence-corrected chi connectivity index (χ4v) is 3.76. The summed E-state index contributed by atoms with van der Waals surface area (Å²) in [5, 5.41) is 5.92. The molecule has 148 valence electrons. The Morgan fingerprint density at radius 1 is 1.17 bits per heavy atom. The first-order chi connectivity index (χ1) is 13.9. The molecular formula is C20H18N4O4S. The maximum atomic E-state index is 12.4. The quantitative estimate of drug-likeness (QED) is 0.539. The molecule has 2 aromatic carbocycles. The van der Waals surface area contributed by atoms with E-state index in [0.717, 1.165) is 22.5 Å². The van der Waals surface area contributed by atoms with Crippen molar-refractivity contribution >= 4 is 32.9 Å². The van der Waals surface area contributed by atoms with Crippen LogP contribution in [0, 0.1) is 0 Å². The summed E-state index contributed by atoms with van der Waals surface area (Å²) in [6, 6.07) is 12.5. The lowest BCUT2D eigenvalue weighted by molar-refractivity contribution is -0.110. The van der Waals surface area contributed by atoms with Gasteiger partial charge in [-0.15, -0.1) is 0 Å². The maximum absolute atomic E-state index is 12.4. The van der Waals surface area contributed by atoms with E-state index in [1.54, 1.807) is 36.7 Å². The van der Waals surface area contributed by atoms with Gasteiger partial charge in [-0.25, -0.2) is 18.1 Å². The number of hydrogen-bond donors (Lipinski definition) is 3. The zero-order chi connectivity index (χ0) is 20.4. The summed E-state index contributed by atoms with van der Waals surface area (Å²) >= 11 is 0. The first kappa shape index (κ1) is 18.9. The van der Waals surface area contributed by atoms with Crippen LogP contribution >= 0.6 is 0 Å². The molecule has 3 aromatic rings. The molecule has 0 aliphatic carbocycles. The smallest absolute Gasteiger partial charge is 0.257 e. The highest BCUT2D eigenvalue weighted by Crippen LogP contribution is 2.35. The SMILES string of the molecule is CNS(=O)(=O)Cc1ccc(NC=C2C(=O)Nc3ccc(-c4cnco4)cc32)cc1. The van der Waals surface area contributed by atoms with Crippen molar-refractivity contribution in [2.45, 2.75) is 5.75 Å². The average molecular weight is 410 g/mol. The molecule has 9 heteroatoms. The number of oxazole rings is 1. The summed E-state index contributed by atoms with van der Waals surface area (Å²) in [4.78, 5) is 16.3. The number of nitrogens with one attached hydrogen (secondary N) is 3. The number of sulfonamides is 1. The molecule has 1 aliphatic rings. The number of hydrogen-bond acceptors (Lipinski definition) is 6. The van der Waals surface area contributed by atoms with Gasteiger partial charge in [-0.2, -0.15) is 0 Å². The highest BCUT2D eigenvalue weighted by molar-refractivity contribution is 7.88. The number of anilines is 2. The molecule has 0 saturated carbocycles. The molecule has 0 saturated heterocycles. The van der Waals surface area contributed by atoms with Gasteiger partial charge in [-0.05, 0) is 42.9 Å². The molecular weight excluding hydrogens is 392 g/mol. The Morgan fingerprint density at radius 2 is 1.97 bits per heavy atom. The van der Waals surface area contributed by atoms with Crippen molar-refractivity contribution in [3.63, 3.8) is 0 Å². The minimum Gasteiger partial charge on any atom is -0.444 e. The second-order valence-electron chi connectivity index (χ2n) is 6.44. The molecule has 1 aliphatic heterocycles. The van der Waals surface area contributed by atoms with Crippen LogP contribution < -0.4 is 15.4 Å². The third-order valence-electron chi connectivity index (χ3n) is 4.52. The monoisotopic (exact) mass is 410 g/mol. The van der Waals surface area contributed by atoms with Crippen LogP contribution in [0.25, 0.3) is 16.9 Å². The fourth-order valence-electron chi connectivity index (χ4n) is 2.99. The number of aromatic nitrogens is 1. The number of nitrogens with zero attached hydrogens (tertiary/aromatic N) is 1. The zero-order valence-corrected chi connectivity index (χ0v) is 16.3. The lowest BCUT2D eigenvalue weighted by Gasteiger charge is -2.06. The second kappa shape index (κ2) is 7.53. The number of carbonyl (C=O) groups is 1. The Kier molecular flexibility index (Phi) is 4.91. The minimum atomic E-state index is -3.32. The largest absolute Gasteiger partial charge is 0.444 e. The van der Waals surface area contributed by atoms with Gasteiger partial charge in [0, 0.05) is 28.7 Å². The van der Waals surface area contributed by atoms with E-state index >= 15 is 0 Å². The molecule has 0 radical (unpaired) electrons. The number of fused-ring (bicyclic) bond motifs is 1. The van der Waals surface area contributed by atoms with Crippen LogP contribution in [-0.2, 0) is 20.6 Å². The number of carbonyl (C=O) groups excluding carboxylic acids is 1. The third-order valence-corrected chi connectivity index (χ3v) is 5.86. The first-order valence-corrected chi connectivity index (χ1v) is 10.4. The van der Waals surface area contributed by atoms with E-state index in [9.17, 15) is 13.2 Å². The predicted molar refractivity (Wildman–Crippen MR) is 110 cm³/mol. The van der Waals surface area contributed by atoms with Crippen LogP contribution in [0.3, 0.4) is 0 Å². The van der Waals surface area contributed by atoms with Gasteiger partial charge in [-0.1, -0.05) is 12.1 Å². The van der Waals surface area contributed by atoms with Crippen molar-refractivity contribution in [2.75, 3.05) is 17.7 Å². The lowest BCUT2D eigenvalue weighted by Crippen LogP contribution is -2.20. The van der Waals surface area contributed by atoms with Gasteiger partial charge in [0.1, 0.15) is 0 Å². The topological polar surface area (TPSA) is 113 Å². The number of amides is 1. The van der Waals surface area contributed by atoms with E-state index in [2.05, 4.69) is 20.3 Å². The van der Waals surface area contributed by atoms with Crippen molar-refractivity contribution in [3.8, 4) is 11.3 Å². The third kappa shape index (κ3) is 4.05. The molecule has 4 rings (SSSR count). The van der Waals surface area contributed by atoms with Crippen molar-refractivity contribution in [2.24, 2.45) is 0 Å². The number of rotatable bonds is 6. The summed E-state index contributed by atoms with van der Waals surface area (Å²) in [6.07, 6.45) is 4.60. The van der Waals surface area contributed by atoms with Crippen molar-refractivity contribution < 1.29 is 17.6 Å². The van der Waals surface area contributed by atoms with Crippen molar-refractivity contribution in [1.82, 2.24) is 9.71 Å². The molecule has 0 fully saturated rings. The first-order valence-electron chi connectivity index (χ1n) is 8.77. The van der Waals surface area contributed by atoms with E-state index < -0.39 is 10.0 Å². The maximum Gasteiger partial charge on any atom is 0.257 e. The minimum absolute atomic E-state index is 0.0922. The van der Waals surface area contributed by atoms with Crippen LogP contribution in [-0.4, -0.2) is 26.4 Å². The van der Waals surface area contributed by atoms with Crippen molar-refractivity contribution in [1.29, 1.82) is 0 Å². The molecule has 2 heterocycles. The van der Waals surface area contributed by atoms with Gasteiger partial charge < -0.3 is 15.1 Å². The Bertz CT molecular complexity index is 1180. The average Bonchev–Trinajstić information content (AvgIpc) is 3.34. The highest BCUT2D eigenvalue weighted by Gasteiger charge is 2.25. The van der Waals surface area contributed by atoms with Crippen LogP contribution in [0.15, 0.2) is 65.7 Å². The van der Waals surface area contributed by atoms with E-state index in [4.69, 9.17) is 4.42 Å². The molecule has 0 unspecified atom stereocenters. The summed E-state index contributed by atoms with van der Waals surface area (Å²) < 4.78 is 30.9. The zero-order valence-electron chi connectivity index (χ0n) is 15.5. The molecule has 0 spiro atoms.